The van der Waals surface area contributed by atoms with Crippen molar-refractivity contribution < 1.29 is 14.3 Å². The lowest BCUT2D eigenvalue weighted by Crippen LogP contribution is -2.08. The third-order valence-electron chi connectivity index (χ3n) is 1.24. The van der Waals surface area contributed by atoms with Gasteiger partial charge in [-0.1, -0.05) is 0 Å². The summed E-state index contributed by atoms with van der Waals surface area (Å²) in [7, 11) is 0. The van der Waals surface area contributed by atoms with Crippen molar-refractivity contribution in [3.8, 4) is 0 Å². The van der Waals surface area contributed by atoms with Crippen molar-refractivity contribution in [3.05, 3.63) is 11.6 Å². The van der Waals surface area contributed by atoms with Gasteiger partial charge in [0.1, 0.15) is 0 Å². The van der Waals surface area contributed by atoms with E-state index in [2.05, 4.69) is 0 Å². The van der Waals surface area contributed by atoms with Crippen LogP contribution in [0, 0.1) is 0 Å². The number of hydrogen-bond acceptors (Lipinski definition) is 3. The Morgan fingerprint density at radius 2 is 2.70 bits per heavy atom. The van der Waals surface area contributed by atoms with Gasteiger partial charge >= 0.3 is 5.97 Å². The molecule has 0 radical (unpaired) electrons. The van der Waals surface area contributed by atoms with Crippen molar-refractivity contribution in [1.29, 1.82) is 0 Å². The Morgan fingerprint density at radius 3 is 3.20 bits per heavy atom. The van der Waals surface area contributed by atoms with Crippen LogP contribution >= 0.6 is 0 Å². The molecule has 0 aromatic carbocycles. The first-order valence-corrected chi connectivity index (χ1v) is 3.28. The van der Waals surface area contributed by atoms with E-state index >= 15 is 0 Å². The Hall–Kier alpha value is -0.830. The van der Waals surface area contributed by atoms with E-state index in [0.717, 1.165) is 0 Å². The van der Waals surface area contributed by atoms with Gasteiger partial charge in [-0.3, -0.25) is 0 Å². The molecule has 0 fully saturated rings. The minimum atomic E-state index is -0.250. The topological polar surface area (TPSA) is 35.5 Å². The summed E-state index contributed by atoms with van der Waals surface area (Å²) >= 11 is 0. The van der Waals surface area contributed by atoms with Gasteiger partial charge in [-0.05, 0) is 13.0 Å². The Labute approximate surface area is 59.6 Å². The van der Waals surface area contributed by atoms with Gasteiger partial charge in [-0.25, -0.2) is 4.79 Å². The van der Waals surface area contributed by atoms with E-state index < -0.39 is 0 Å². The van der Waals surface area contributed by atoms with Crippen LogP contribution in [0.1, 0.15) is 6.92 Å². The van der Waals surface area contributed by atoms with Gasteiger partial charge in [-0.15, -0.1) is 0 Å². The van der Waals surface area contributed by atoms with Gasteiger partial charge in [0.2, 0.25) is 0 Å². The summed E-state index contributed by atoms with van der Waals surface area (Å²) in [6, 6.07) is 0. The van der Waals surface area contributed by atoms with E-state index in [0.29, 0.717) is 25.4 Å². The molecule has 1 aliphatic heterocycles. The SMILES string of the molecule is CCOC(=O)C1=CCOC1. The summed E-state index contributed by atoms with van der Waals surface area (Å²) in [5.74, 6) is -0.250. The Bertz CT molecular complexity index is 160. The predicted molar refractivity (Wildman–Crippen MR) is 35.5 cm³/mol. The molecule has 0 N–H and O–H groups in total. The summed E-state index contributed by atoms with van der Waals surface area (Å²) < 4.78 is 9.67. The van der Waals surface area contributed by atoms with Gasteiger partial charge < -0.3 is 9.47 Å². The quantitative estimate of drug-likeness (QED) is 0.527. The smallest absolute Gasteiger partial charge is 0.336 e. The molecular formula is C7H10O3. The van der Waals surface area contributed by atoms with Gasteiger partial charge in [0.05, 0.1) is 25.4 Å². The molecule has 1 heterocycles. The highest BCUT2D eigenvalue weighted by Gasteiger charge is 2.13. The first-order valence-electron chi connectivity index (χ1n) is 3.28. The maximum Gasteiger partial charge on any atom is 0.336 e. The molecule has 0 bridgehead atoms. The zero-order chi connectivity index (χ0) is 7.40. The molecule has 0 saturated heterocycles. The minimum absolute atomic E-state index is 0.250. The highest BCUT2D eigenvalue weighted by atomic mass is 16.5. The van der Waals surface area contributed by atoms with E-state index in [1.54, 1.807) is 13.0 Å². The Balaban J connectivity index is 2.40. The molecule has 0 saturated carbocycles. The predicted octanol–water partition coefficient (Wildman–Crippen LogP) is 0.506. The fraction of sp³-hybridized carbons (Fsp3) is 0.571. The van der Waals surface area contributed by atoms with Crippen LogP contribution < -0.4 is 0 Å². The highest BCUT2D eigenvalue weighted by Crippen LogP contribution is 2.05. The summed E-state index contributed by atoms with van der Waals surface area (Å²) in [6.07, 6.45) is 1.75. The normalized spacial score (nSPS) is 16.7. The monoisotopic (exact) mass is 142 g/mol. The largest absolute Gasteiger partial charge is 0.463 e. The first kappa shape index (κ1) is 7.28. The number of carbonyl (C=O) groups is 1. The van der Waals surface area contributed by atoms with Crippen molar-refractivity contribution >= 4 is 5.97 Å². The van der Waals surface area contributed by atoms with Gasteiger partial charge in [0.25, 0.3) is 0 Å². The summed E-state index contributed by atoms with van der Waals surface area (Å²) in [6.45, 7) is 3.15. The lowest BCUT2D eigenvalue weighted by Gasteiger charge is -1.99. The molecule has 1 aliphatic rings. The minimum Gasteiger partial charge on any atom is -0.463 e. The highest BCUT2D eigenvalue weighted by molar-refractivity contribution is 5.89. The summed E-state index contributed by atoms with van der Waals surface area (Å²) in [4.78, 5) is 10.9. The number of hydrogen-bond donors (Lipinski definition) is 0. The standard InChI is InChI=1S/C7H10O3/c1-2-10-7(8)6-3-4-9-5-6/h3H,2,4-5H2,1H3. The molecule has 0 aliphatic carbocycles. The Morgan fingerprint density at radius 1 is 1.90 bits per heavy atom. The maximum absolute atomic E-state index is 10.9. The van der Waals surface area contributed by atoms with Gasteiger partial charge in [-0.2, -0.15) is 0 Å². The lowest BCUT2D eigenvalue weighted by molar-refractivity contribution is -0.138. The van der Waals surface area contributed by atoms with Crippen molar-refractivity contribution in [2.75, 3.05) is 19.8 Å². The average Bonchev–Trinajstić information content (AvgIpc) is 2.38. The molecule has 1 rings (SSSR count). The second-order valence-electron chi connectivity index (χ2n) is 1.96. The van der Waals surface area contributed by atoms with Crippen molar-refractivity contribution in [2.24, 2.45) is 0 Å². The first-order chi connectivity index (χ1) is 4.84. The zero-order valence-electron chi connectivity index (χ0n) is 5.92. The zero-order valence-corrected chi connectivity index (χ0v) is 5.92. The molecule has 0 amide bonds. The van der Waals surface area contributed by atoms with Crippen LogP contribution in [-0.2, 0) is 14.3 Å². The van der Waals surface area contributed by atoms with Crippen LogP contribution in [0.5, 0.6) is 0 Å². The average molecular weight is 142 g/mol. The van der Waals surface area contributed by atoms with E-state index in [9.17, 15) is 4.79 Å². The van der Waals surface area contributed by atoms with Crippen LogP contribution in [0.4, 0.5) is 0 Å². The molecule has 0 unspecified atom stereocenters. The van der Waals surface area contributed by atoms with Crippen LogP contribution in [0.2, 0.25) is 0 Å². The van der Waals surface area contributed by atoms with Crippen LogP contribution in [0.3, 0.4) is 0 Å². The van der Waals surface area contributed by atoms with Crippen LogP contribution in [-0.4, -0.2) is 25.8 Å². The second kappa shape index (κ2) is 3.37. The fourth-order valence-corrected chi connectivity index (χ4v) is 0.753. The molecule has 0 atom stereocenters. The van der Waals surface area contributed by atoms with Crippen molar-refractivity contribution in [1.82, 2.24) is 0 Å². The van der Waals surface area contributed by atoms with Crippen LogP contribution in [0.25, 0.3) is 0 Å². The fourth-order valence-electron chi connectivity index (χ4n) is 0.753. The number of esters is 1. The third kappa shape index (κ3) is 1.57. The number of ether oxygens (including phenoxy) is 2. The van der Waals surface area contributed by atoms with Crippen molar-refractivity contribution in [3.63, 3.8) is 0 Å². The molecule has 0 aromatic heterocycles. The molecule has 3 heteroatoms. The van der Waals surface area contributed by atoms with Crippen LogP contribution in [0.15, 0.2) is 11.6 Å². The van der Waals surface area contributed by atoms with E-state index in [1.165, 1.54) is 0 Å². The van der Waals surface area contributed by atoms with Gasteiger partial charge in [0, 0.05) is 0 Å². The number of carbonyl (C=O) groups excluding carboxylic acids is 1. The van der Waals surface area contributed by atoms with E-state index in [1.807, 2.05) is 0 Å². The van der Waals surface area contributed by atoms with E-state index in [4.69, 9.17) is 9.47 Å². The molecule has 3 nitrogen and oxygen atoms in total. The Kier molecular flexibility index (Phi) is 2.45. The molecule has 10 heavy (non-hydrogen) atoms. The summed E-state index contributed by atoms with van der Waals surface area (Å²) in [5.41, 5.74) is 0.641. The number of rotatable bonds is 2. The maximum atomic E-state index is 10.9. The molecule has 0 aromatic rings. The van der Waals surface area contributed by atoms with Gasteiger partial charge in [0.15, 0.2) is 0 Å². The second-order valence-corrected chi connectivity index (χ2v) is 1.96. The molecule has 0 spiro atoms. The molecular weight excluding hydrogens is 132 g/mol. The lowest BCUT2D eigenvalue weighted by atomic mass is 10.3. The third-order valence-corrected chi connectivity index (χ3v) is 1.24. The van der Waals surface area contributed by atoms with E-state index in [-0.39, 0.29) is 5.97 Å². The molecule has 56 valence electrons. The summed E-state index contributed by atoms with van der Waals surface area (Å²) in [5, 5.41) is 0. The van der Waals surface area contributed by atoms with Crippen molar-refractivity contribution in [2.45, 2.75) is 6.92 Å².